The number of piperidine rings is 1. The summed E-state index contributed by atoms with van der Waals surface area (Å²) in [5.74, 6) is -0.637. The van der Waals surface area contributed by atoms with Crippen molar-refractivity contribution in [2.45, 2.75) is 25.7 Å². The van der Waals surface area contributed by atoms with E-state index in [9.17, 15) is 9.59 Å². The Kier molecular flexibility index (Phi) is 5.79. The molecule has 0 aliphatic carbocycles. The molecule has 6 heteroatoms. The van der Waals surface area contributed by atoms with E-state index in [4.69, 9.17) is 9.84 Å². The van der Waals surface area contributed by atoms with Crippen LogP contribution in [0.4, 0.5) is 0 Å². The van der Waals surface area contributed by atoms with Crippen molar-refractivity contribution in [1.82, 2.24) is 9.80 Å². The maximum atomic E-state index is 12.0. The van der Waals surface area contributed by atoms with Crippen molar-refractivity contribution in [2.75, 3.05) is 45.9 Å². The van der Waals surface area contributed by atoms with Crippen molar-refractivity contribution in [3.63, 3.8) is 0 Å². The lowest BCUT2D eigenvalue weighted by atomic mass is 9.97. The monoisotopic (exact) mass is 284 g/mol. The number of rotatable bonds is 5. The molecule has 0 unspecified atom stereocenters. The molecule has 1 N–H and O–H groups in total. The number of carboxylic acid groups (broad SMARTS) is 1. The summed E-state index contributed by atoms with van der Waals surface area (Å²) in [6, 6.07) is 0. The zero-order chi connectivity index (χ0) is 14.4. The summed E-state index contributed by atoms with van der Waals surface area (Å²) in [5.41, 5.74) is 0. The first-order valence-electron chi connectivity index (χ1n) is 7.47. The minimum Gasteiger partial charge on any atom is -0.481 e. The second-order valence-electron chi connectivity index (χ2n) is 5.55. The summed E-state index contributed by atoms with van der Waals surface area (Å²) in [6.07, 6.45) is 2.90. The van der Waals surface area contributed by atoms with Gasteiger partial charge in [-0.05, 0) is 38.9 Å². The van der Waals surface area contributed by atoms with Crippen LogP contribution in [0, 0.1) is 5.92 Å². The van der Waals surface area contributed by atoms with Crippen LogP contribution >= 0.6 is 0 Å². The Bertz CT molecular complexity index is 334. The van der Waals surface area contributed by atoms with Crippen molar-refractivity contribution in [2.24, 2.45) is 5.92 Å². The van der Waals surface area contributed by atoms with E-state index >= 15 is 0 Å². The molecule has 2 rings (SSSR count). The molecule has 2 aliphatic rings. The molecule has 2 aliphatic heterocycles. The molecule has 6 nitrogen and oxygen atoms in total. The summed E-state index contributed by atoms with van der Waals surface area (Å²) < 4.78 is 5.23. The van der Waals surface area contributed by atoms with Crippen LogP contribution in [0.15, 0.2) is 0 Å². The first kappa shape index (κ1) is 15.3. The van der Waals surface area contributed by atoms with Gasteiger partial charge in [0.05, 0.1) is 19.1 Å². The summed E-state index contributed by atoms with van der Waals surface area (Å²) in [5, 5.41) is 8.94. The molecule has 2 heterocycles. The Labute approximate surface area is 119 Å². The highest BCUT2D eigenvalue weighted by Gasteiger charge is 2.24. The lowest BCUT2D eigenvalue weighted by Crippen LogP contribution is -2.41. The number of carbonyl (C=O) groups is 2. The molecule has 0 spiro atoms. The number of morpholine rings is 1. The maximum Gasteiger partial charge on any atom is 0.306 e. The van der Waals surface area contributed by atoms with Gasteiger partial charge in [0.15, 0.2) is 0 Å². The molecule has 0 saturated carbocycles. The molecule has 1 amide bonds. The Morgan fingerprint density at radius 3 is 2.35 bits per heavy atom. The Balaban J connectivity index is 1.59. The minimum absolute atomic E-state index is 0.179. The highest BCUT2D eigenvalue weighted by Crippen LogP contribution is 2.17. The fraction of sp³-hybridized carbons (Fsp3) is 0.857. The zero-order valence-electron chi connectivity index (χ0n) is 11.9. The van der Waals surface area contributed by atoms with Crippen LogP contribution in [-0.2, 0) is 14.3 Å². The second kappa shape index (κ2) is 7.59. The van der Waals surface area contributed by atoms with Gasteiger partial charge in [0, 0.05) is 19.5 Å². The number of aliphatic carboxylic acids is 1. The van der Waals surface area contributed by atoms with E-state index in [1.807, 2.05) is 4.90 Å². The molecule has 0 aromatic heterocycles. The number of hydrogen-bond acceptors (Lipinski definition) is 4. The fourth-order valence-electron chi connectivity index (χ4n) is 2.83. The molecule has 0 aromatic rings. The molecule has 2 saturated heterocycles. The van der Waals surface area contributed by atoms with Crippen LogP contribution in [0.3, 0.4) is 0 Å². The fourth-order valence-corrected chi connectivity index (χ4v) is 2.83. The molecular formula is C14H24N2O4. The van der Waals surface area contributed by atoms with Crippen molar-refractivity contribution in [3.05, 3.63) is 0 Å². The summed E-state index contributed by atoms with van der Waals surface area (Å²) in [4.78, 5) is 27.0. The predicted octanol–water partition coefficient (Wildman–Crippen LogP) is 0.422. The van der Waals surface area contributed by atoms with Gasteiger partial charge in [-0.3, -0.25) is 9.59 Å². The van der Waals surface area contributed by atoms with Gasteiger partial charge in [-0.15, -0.1) is 0 Å². The number of carboxylic acids is 1. The number of carbonyl (C=O) groups excluding carboxylic acids is 1. The Morgan fingerprint density at radius 1 is 1.10 bits per heavy atom. The largest absolute Gasteiger partial charge is 0.481 e. The van der Waals surface area contributed by atoms with Gasteiger partial charge in [-0.1, -0.05) is 0 Å². The third kappa shape index (κ3) is 4.45. The van der Waals surface area contributed by atoms with Gasteiger partial charge in [-0.25, -0.2) is 0 Å². The van der Waals surface area contributed by atoms with Gasteiger partial charge in [0.1, 0.15) is 0 Å². The van der Waals surface area contributed by atoms with Crippen LogP contribution in [0.2, 0.25) is 0 Å². The van der Waals surface area contributed by atoms with E-state index in [0.717, 1.165) is 38.9 Å². The van der Waals surface area contributed by atoms with Gasteiger partial charge >= 0.3 is 5.97 Å². The van der Waals surface area contributed by atoms with Gasteiger partial charge in [-0.2, -0.15) is 0 Å². The van der Waals surface area contributed by atoms with Gasteiger partial charge in [0.25, 0.3) is 0 Å². The minimum atomic E-state index is -0.674. The summed E-state index contributed by atoms with van der Waals surface area (Å²) in [6.45, 7) is 5.28. The summed E-state index contributed by atoms with van der Waals surface area (Å²) >= 11 is 0. The SMILES string of the molecule is O=C(O)C1CCN(CCCC(=O)N2CCOCC2)CC1. The number of amides is 1. The molecule has 0 atom stereocenters. The smallest absolute Gasteiger partial charge is 0.306 e. The second-order valence-corrected chi connectivity index (χ2v) is 5.55. The number of nitrogens with zero attached hydrogens (tertiary/aromatic N) is 2. The lowest BCUT2D eigenvalue weighted by Gasteiger charge is -2.30. The topological polar surface area (TPSA) is 70.1 Å². The average molecular weight is 284 g/mol. The zero-order valence-corrected chi connectivity index (χ0v) is 11.9. The van der Waals surface area contributed by atoms with Crippen LogP contribution in [-0.4, -0.2) is 72.7 Å². The lowest BCUT2D eigenvalue weighted by molar-refractivity contribution is -0.143. The molecule has 0 aromatic carbocycles. The van der Waals surface area contributed by atoms with Crippen molar-refractivity contribution in [3.8, 4) is 0 Å². The van der Waals surface area contributed by atoms with E-state index in [2.05, 4.69) is 4.90 Å². The van der Waals surface area contributed by atoms with Gasteiger partial charge in [0.2, 0.25) is 5.91 Å². The van der Waals surface area contributed by atoms with Crippen LogP contribution in [0.5, 0.6) is 0 Å². The molecule has 0 bridgehead atoms. The number of hydrogen-bond donors (Lipinski definition) is 1. The van der Waals surface area contributed by atoms with E-state index < -0.39 is 5.97 Å². The molecule has 0 radical (unpaired) electrons. The predicted molar refractivity (Wildman–Crippen MR) is 73.4 cm³/mol. The van der Waals surface area contributed by atoms with Crippen LogP contribution < -0.4 is 0 Å². The standard InChI is InChI=1S/C14H24N2O4/c17-13(16-8-10-20-11-9-16)2-1-5-15-6-3-12(4-7-15)14(18)19/h12H,1-11H2,(H,18,19). The maximum absolute atomic E-state index is 12.0. The number of likely N-dealkylation sites (tertiary alicyclic amines) is 1. The summed E-state index contributed by atoms with van der Waals surface area (Å²) in [7, 11) is 0. The third-order valence-electron chi connectivity index (χ3n) is 4.17. The first-order valence-corrected chi connectivity index (χ1v) is 7.47. The highest BCUT2D eigenvalue weighted by molar-refractivity contribution is 5.76. The van der Waals surface area contributed by atoms with Crippen molar-refractivity contribution < 1.29 is 19.4 Å². The van der Waals surface area contributed by atoms with Crippen LogP contribution in [0.1, 0.15) is 25.7 Å². The van der Waals surface area contributed by atoms with E-state index in [1.165, 1.54) is 0 Å². The molecular weight excluding hydrogens is 260 g/mol. The molecule has 20 heavy (non-hydrogen) atoms. The van der Waals surface area contributed by atoms with Crippen molar-refractivity contribution in [1.29, 1.82) is 0 Å². The van der Waals surface area contributed by atoms with Crippen molar-refractivity contribution >= 4 is 11.9 Å². The van der Waals surface area contributed by atoms with Gasteiger partial charge < -0.3 is 19.6 Å². The Morgan fingerprint density at radius 2 is 1.75 bits per heavy atom. The van der Waals surface area contributed by atoms with E-state index in [1.54, 1.807) is 0 Å². The normalized spacial score (nSPS) is 21.9. The quantitative estimate of drug-likeness (QED) is 0.792. The van der Waals surface area contributed by atoms with E-state index in [0.29, 0.717) is 32.7 Å². The molecule has 114 valence electrons. The average Bonchev–Trinajstić information content (AvgIpc) is 2.48. The first-order chi connectivity index (χ1) is 9.66. The van der Waals surface area contributed by atoms with E-state index in [-0.39, 0.29) is 11.8 Å². The number of ether oxygens (including phenoxy) is 1. The highest BCUT2D eigenvalue weighted by atomic mass is 16.5. The third-order valence-corrected chi connectivity index (χ3v) is 4.17. The molecule has 2 fully saturated rings. The van der Waals surface area contributed by atoms with Crippen LogP contribution in [0.25, 0.3) is 0 Å². The Hall–Kier alpha value is -1.14.